The van der Waals surface area contributed by atoms with E-state index in [1.807, 2.05) is 18.2 Å². The van der Waals surface area contributed by atoms with E-state index in [0.717, 1.165) is 35.5 Å². The van der Waals surface area contributed by atoms with Crippen molar-refractivity contribution in [1.29, 1.82) is 0 Å². The van der Waals surface area contributed by atoms with E-state index in [4.69, 9.17) is 0 Å². The summed E-state index contributed by atoms with van der Waals surface area (Å²) in [5, 5.41) is 3.41. The average molecular weight is 324 g/mol. The zero-order chi connectivity index (χ0) is 17.3. The first kappa shape index (κ1) is 16.2. The summed E-state index contributed by atoms with van der Waals surface area (Å²) in [6.07, 6.45) is 0. The normalized spacial score (nSPS) is 11.0. The van der Waals surface area contributed by atoms with Gasteiger partial charge in [0.25, 0.3) is 0 Å². The van der Waals surface area contributed by atoms with Crippen LogP contribution in [0.25, 0.3) is 11.0 Å². The molecule has 0 radical (unpaired) electrons. The SMILES string of the molecule is CCN(CC)c1ccc(Nc2ccc3c(c2)n(C)c(=O)n3C)cc1. The number of hydrogen-bond acceptors (Lipinski definition) is 3. The number of rotatable bonds is 5. The van der Waals surface area contributed by atoms with Crippen molar-refractivity contribution in [1.82, 2.24) is 9.13 Å². The Kier molecular flexibility index (Phi) is 4.34. The number of anilines is 3. The van der Waals surface area contributed by atoms with Crippen molar-refractivity contribution < 1.29 is 0 Å². The molecule has 0 spiro atoms. The van der Waals surface area contributed by atoms with Gasteiger partial charge in [-0.1, -0.05) is 0 Å². The smallest absolute Gasteiger partial charge is 0.328 e. The Morgan fingerprint density at radius 1 is 0.875 bits per heavy atom. The van der Waals surface area contributed by atoms with Gasteiger partial charge in [-0.05, 0) is 56.3 Å². The molecule has 126 valence electrons. The highest BCUT2D eigenvalue weighted by Crippen LogP contribution is 2.23. The van der Waals surface area contributed by atoms with Crippen LogP contribution in [0.4, 0.5) is 17.1 Å². The Bertz CT molecular complexity index is 902. The van der Waals surface area contributed by atoms with Gasteiger partial charge < -0.3 is 10.2 Å². The van der Waals surface area contributed by atoms with Crippen LogP contribution in [0.2, 0.25) is 0 Å². The molecule has 24 heavy (non-hydrogen) atoms. The Hall–Kier alpha value is -2.69. The molecule has 0 aliphatic rings. The van der Waals surface area contributed by atoms with Crippen molar-refractivity contribution in [2.75, 3.05) is 23.3 Å². The van der Waals surface area contributed by atoms with Crippen molar-refractivity contribution in [3.8, 4) is 0 Å². The van der Waals surface area contributed by atoms with E-state index in [-0.39, 0.29) is 5.69 Å². The predicted molar refractivity (Wildman–Crippen MR) is 101 cm³/mol. The minimum Gasteiger partial charge on any atom is -0.372 e. The van der Waals surface area contributed by atoms with Crippen molar-refractivity contribution in [2.24, 2.45) is 14.1 Å². The fourth-order valence-corrected chi connectivity index (χ4v) is 3.10. The van der Waals surface area contributed by atoms with Crippen LogP contribution in [0.3, 0.4) is 0 Å². The topological polar surface area (TPSA) is 42.2 Å². The first-order valence-corrected chi connectivity index (χ1v) is 8.32. The Morgan fingerprint density at radius 3 is 2.08 bits per heavy atom. The molecule has 0 fully saturated rings. The number of fused-ring (bicyclic) bond motifs is 1. The Labute approximate surface area is 142 Å². The molecule has 1 heterocycles. The number of imidazole rings is 1. The highest BCUT2D eigenvalue weighted by Gasteiger charge is 2.08. The molecule has 1 N–H and O–H groups in total. The first-order valence-electron chi connectivity index (χ1n) is 8.32. The number of aryl methyl sites for hydroxylation is 2. The minimum absolute atomic E-state index is 0.00859. The maximum Gasteiger partial charge on any atom is 0.328 e. The van der Waals surface area contributed by atoms with E-state index in [0.29, 0.717) is 0 Å². The molecular weight excluding hydrogens is 300 g/mol. The number of aromatic nitrogens is 2. The molecule has 1 aromatic heterocycles. The van der Waals surface area contributed by atoms with Crippen molar-refractivity contribution in [3.63, 3.8) is 0 Å². The third-order valence-electron chi connectivity index (χ3n) is 4.56. The zero-order valence-electron chi connectivity index (χ0n) is 14.7. The summed E-state index contributed by atoms with van der Waals surface area (Å²) in [5.41, 5.74) is 5.08. The van der Waals surface area contributed by atoms with Gasteiger partial charge in [0.05, 0.1) is 11.0 Å². The summed E-state index contributed by atoms with van der Waals surface area (Å²) < 4.78 is 3.34. The maximum atomic E-state index is 12.0. The fourth-order valence-electron chi connectivity index (χ4n) is 3.10. The molecule has 3 aromatic rings. The van der Waals surface area contributed by atoms with Crippen molar-refractivity contribution >= 4 is 28.1 Å². The number of hydrogen-bond donors (Lipinski definition) is 1. The van der Waals surface area contributed by atoms with Crippen LogP contribution in [0.5, 0.6) is 0 Å². The second kappa shape index (κ2) is 6.43. The zero-order valence-corrected chi connectivity index (χ0v) is 14.7. The van der Waals surface area contributed by atoms with Crippen molar-refractivity contribution in [2.45, 2.75) is 13.8 Å². The molecule has 0 atom stereocenters. The second-order valence-corrected chi connectivity index (χ2v) is 5.95. The number of nitrogens with one attached hydrogen (secondary N) is 1. The van der Waals surface area contributed by atoms with Gasteiger partial charge in [-0.15, -0.1) is 0 Å². The van der Waals surface area contributed by atoms with Crippen LogP contribution in [0, 0.1) is 0 Å². The van der Waals surface area contributed by atoms with Gasteiger partial charge in [-0.2, -0.15) is 0 Å². The van der Waals surface area contributed by atoms with Gasteiger partial charge in [0, 0.05) is 44.2 Å². The number of benzene rings is 2. The molecule has 5 heteroatoms. The summed E-state index contributed by atoms with van der Waals surface area (Å²) in [6.45, 7) is 6.33. The van der Waals surface area contributed by atoms with E-state index >= 15 is 0 Å². The largest absolute Gasteiger partial charge is 0.372 e. The third kappa shape index (κ3) is 2.77. The standard InChI is InChI=1S/C19H24N4O/c1-5-23(6-2)16-10-7-14(8-11-16)20-15-9-12-17-18(13-15)22(4)19(24)21(17)3/h7-13,20H,5-6H2,1-4H3. The van der Waals surface area contributed by atoms with E-state index in [1.165, 1.54) is 5.69 Å². The summed E-state index contributed by atoms with van der Waals surface area (Å²) in [5.74, 6) is 0. The molecule has 0 aliphatic carbocycles. The van der Waals surface area contributed by atoms with Gasteiger partial charge in [-0.3, -0.25) is 9.13 Å². The second-order valence-electron chi connectivity index (χ2n) is 5.95. The van der Waals surface area contributed by atoms with Crippen LogP contribution >= 0.6 is 0 Å². The molecule has 0 aliphatic heterocycles. The van der Waals surface area contributed by atoms with Crippen LogP contribution in [0.1, 0.15) is 13.8 Å². The quantitative estimate of drug-likeness (QED) is 0.781. The van der Waals surface area contributed by atoms with E-state index in [2.05, 4.69) is 48.3 Å². The molecule has 0 saturated heterocycles. The molecule has 0 unspecified atom stereocenters. The van der Waals surface area contributed by atoms with Gasteiger partial charge in [0.1, 0.15) is 0 Å². The van der Waals surface area contributed by atoms with E-state index < -0.39 is 0 Å². The monoisotopic (exact) mass is 324 g/mol. The molecule has 3 rings (SSSR count). The molecule has 0 saturated carbocycles. The van der Waals surface area contributed by atoms with Crippen LogP contribution < -0.4 is 15.9 Å². The lowest BCUT2D eigenvalue weighted by molar-refractivity contribution is 0.795. The van der Waals surface area contributed by atoms with Gasteiger partial charge in [0.15, 0.2) is 0 Å². The van der Waals surface area contributed by atoms with E-state index in [1.54, 1.807) is 23.2 Å². The maximum absolute atomic E-state index is 12.0. The molecule has 0 bridgehead atoms. The van der Waals surface area contributed by atoms with E-state index in [9.17, 15) is 4.79 Å². The van der Waals surface area contributed by atoms with Gasteiger partial charge >= 0.3 is 5.69 Å². The summed E-state index contributed by atoms with van der Waals surface area (Å²) >= 11 is 0. The van der Waals surface area contributed by atoms with Crippen LogP contribution in [0.15, 0.2) is 47.3 Å². The Balaban J connectivity index is 1.87. The predicted octanol–water partition coefficient (Wildman–Crippen LogP) is 3.47. The van der Waals surface area contributed by atoms with Crippen molar-refractivity contribution in [3.05, 3.63) is 52.9 Å². The lowest BCUT2D eigenvalue weighted by Gasteiger charge is -2.21. The Morgan fingerprint density at radius 2 is 1.46 bits per heavy atom. The highest BCUT2D eigenvalue weighted by atomic mass is 16.1. The fraction of sp³-hybridized carbons (Fsp3) is 0.316. The highest BCUT2D eigenvalue weighted by molar-refractivity contribution is 5.81. The molecule has 2 aromatic carbocycles. The minimum atomic E-state index is -0.00859. The van der Waals surface area contributed by atoms with Gasteiger partial charge in [0.2, 0.25) is 0 Å². The lowest BCUT2D eigenvalue weighted by atomic mass is 10.2. The molecular formula is C19H24N4O. The molecule has 5 nitrogen and oxygen atoms in total. The summed E-state index contributed by atoms with van der Waals surface area (Å²) in [6, 6.07) is 14.4. The molecule has 0 amide bonds. The average Bonchev–Trinajstić information content (AvgIpc) is 2.82. The first-order chi connectivity index (χ1) is 11.5. The van der Waals surface area contributed by atoms with Crippen LogP contribution in [-0.2, 0) is 14.1 Å². The third-order valence-corrected chi connectivity index (χ3v) is 4.56. The lowest BCUT2D eigenvalue weighted by Crippen LogP contribution is -2.21. The number of nitrogens with zero attached hydrogens (tertiary/aromatic N) is 3. The van der Waals surface area contributed by atoms with Crippen LogP contribution in [-0.4, -0.2) is 22.2 Å². The summed E-state index contributed by atoms with van der Waals surface area (Å²) in [7, 11) is 3.59. The van der Waals surface area contributed by atoms with Gasteiger partial charge in [-0.25, -0.2) is 4.79 Å². The summed E-state index contributed by atoms with van der Waals surface area (Å²) in [4.78, 5) is 14.3.